The first kappa shape index (κ1) is 39.1. The summed E-state index contributed by atoms with van der Waals surface area (Å²) in [4.78, 5) is 55.5. The van der Waals surface area contributed by atoms with E-state index in [1.54, 1.807) is 4.72 Å². The van der Waals surface area contributed by atoms with Crippen LogP contribution in [0.25, 0.3) is 0 Å². The third-order valence-corrected chi connectivity index (χ3v) is 9.71. The van der Waals surface area contributed by atoms with Gasteiger partial charge < -0.3 is 23.7 Å². The lowest BCUT2D eigenvalue weighted by atomic mass is 9.92. The van der Waals surface area contributed by atoms with Crippen molar-refractivity contribution in [2.75, 3.05) is 51.7 Å². The van der Waals surface area contributed by atoms with E-state index in [1.165, 1.54) is 86.2 Å². The number of methoxy groups -OCH3 is 2. The van der Waals surface area contributed by atoms with E-state index in [0.717, 1.165) is 18.8 Å². The van der Waals surface area contributed by atoms with Crippen molar-refractivity contribution in [3.8, 4) is 29.9 Å². The number of fused-ring (bicyclic) bond motifs is 2. The Bertz CT molecular complexity index is 2310. The van der Waals surface area contributed by atoms with Gasteiger partial charge in [-0.3, -0.25) is 19.8 Å². The molecule has 0 radical (unpaired) electrons. The third kappa shape index (κ3) is 8.72. The molecule has 0 aliphatic carbocycles. The van der Waals surface area contributed by atoms with Crippen LogP contribution in [0.4, 0.5) is 26.5 Å². The van der Waals surface area contributed by atoms with Crippen LogP contribution in [0.3, 0.4) is 0 Å². The molecule has 0 fully saturated rings. The second-order valence-corrected chi connectivity index (χ2v) is 14.9. The molecule has 18 nitrogen and oxygen atoms in total. The van der Waals surface area contributed by atoms with Gasteiger partial charge in [0.2, 0.25) is 22.5 Å². The fraction of sp³-hybridized carbons (Fsp3) is 0.333. The molecule has 0 atom stereocenters. The Morgan fingerprint density at radius 2 is 1.89 bits per heavy atom. The maximum Gasteiger partial charge on any atom is 0.335 e. The first-order chi connectivity index (χ1) is 25.5. The summed E-state index contributed by atoms with van der Waals surface area (Å²) in [7, 11) is 1.15. The van der Waals surface area contributed by atoms with Gasteiger partial charge in [-0.15, -0.1) is 6.42 Å². The van der Waals surface area contributed by atoms with Gasteiger partial charge in [-0.1, -0.05) is 19.8 Å². The van der Waals surface area contributed by atoms with Gasteiger partial charge in [0.1, 0.15) is 17.3 Å². The summed E-state index contributed by atoms with van der Waals surface area (Å²) < 4.78 is 63.0. The number of terminal acetylenes is 1. The van der Waals surface area contributed by atoms with E-state index in [-0.39, 0.29) is 53.4 Å². The van der Waals surface area contributed by atoms with Crippen molar-refractivity contribution in [1.29, 1.82) is 0 Å². The van der Waals surface area contributed by atoms with E-state index >= 15 is 0 Å². The SMILES string of the molecule is C#CCN1C(=O)COc2cc(F)c(N=c3snc4n3CC(C)(C)C4)cc21.COc1cc(OC)nc(NC(=O)NS(=O)(=O)c2ncccc2C(=O)N(C)C)n1. The highest BCUT2D eigenvalue weighted by atomic mass is 32.2. The third-order valence-electron chi connectivity index (χ3n) is 7.65. The summed E-state index contributed by atoms with van der Waals surface area (Å²) in [6.07, 6.45) is 7.41. The summed E-state index contributed by atoms with van der Waals surface area (Å²) in [6, 6.07) is 5.66. The number of anilines is 2. The van der Waals surface area contributed by atoms with Crippen molar-refractivity contribution in [3.05, 3.63) is 58.5 Å². The molecular formula is C33H35FN10O8S2. The van der Waals surface area contributed by atoms with E-state index in [0.29, 0.717) is 16.2 Å². The molecule has 4 amide bonds. The molecule has 0 unspecified atom stereocenters. The van der Waals surface area contributed by atoms with E-state index in [4.69, 9.17) is 20.6 Å². The van der Waals surface area contributed by atoms with E-state index < -0.39 is 32.8 Å². The van der Waals surface area contributed by atoms with Crippen LogP contribution in [0.5, 0.6) is 17.5 Å². The number of urea groups is 1. The number of aromatic nitrogens is 5. The van der Waals surface area contributed by atoms with E-state index in [2.05, 4.69) is 49.4 Å². The lowest BCUT2D eigenvalue weighted by Gasteiger charge is -2.28. The predicted octanol–water partition coefficient (Wildman–Crippen LogP) is 2.36. The van der Waals surface area contributed by atoms with Crippen LogP contribution in [0.2, 0.25) is 0 Å². The quantitative estimate of drug-likeness (QED) is 0.247. The minimum absolute atomic E-state index is 0.0913. The van der Waals surface area contributed by atoms with Gasteiger partial charge >= 0.3 is 6.03 Å². The number of ether oxygens (including phenoxy) is 3. The molecule has 21 heteroatoms. The zero-order valence-electron chi connectivity index (χ0n) is 29.9. The molecule has 0 saturated heterocycles. The Labute approximate surface area is 313 Å². The number of carbonyl (C=O) groups excluding carboxylic acids is 3. The normalized spacial score (nSPS) is 14.4. The molecule has 54 heavy (non-hydrogen) atoms. The summed E-state index contributed by atoms with van der Waals surface area (Å²) in [5.74, 6) is 2.26. The van der Waals surface area contributed by atoms with Crippen molar-refractivity contribution in [3.63, 3.8) is 0 Å². The minimum atomic E-state index is -4.46. The smallest absolute Gasteiger partial charge is 0.335 e. The molecule has 1 aromatic carbocycles. The van der Waals surface area contributed by atoms with Gasteiger partial charge in [0, 0.05) is 50.9 Å². The van der Waals surface area contributed by atoms with Crippen molar-refractivity contribution in [2.45, 2.75) is 31.8 Å². The molecule has 2 N–H and O–H groups in total. The van der Waals surface area contributed by atoms with Gasteiger partial charge in [-0.25, -0.2) is 23.9 Å². The largest absolute Gasteiger partial charge is 0.481 e. The molecule has 5 heterocycles. The number of benzene rings is 1. The van der Waals surface area contributed by atoms with E-state index in [1.807, 2.05) is 4.57 Å². The number of hydrogen-bond donors (Lipinski definition) is 2. The number of sulfonamides is 1. The number of hydrogen-bond acceptors (Lipinski definition) is 14. The number of carbonyl (C=O) groups is 3. The number of amides is 4. The lowest BCUT2D eigenvalue weighted by molar-refractivity contribution is -0.121. The molecule has 0 saturated carbocycles. The Morgan fingerprint density at radius 3 is 2.54 bits per heavy atom. The molecule has 284 valence electrons. The summed E-state index contributed by atoms with van der Waals surface area (Å²) in [6.45, 7) is 5.05. The van der Waals surface area contributed by atoms with Crippen LogP contribution in [0.15, 0.2) is 46.5 Å². The van der Waals surface area contributed by atoms with Gasteiger partial charge in [0.15, 0.2) is 17.5 Å². The number of nitrogens with one attached hydrogen (secondary N) is 2. The highest BCUT2D eigenvalue weighted by molar-refractivity contribution is 7.90. The van der Waals surface area contributed by atoms with Crippen LogP contribution < -0.4 is 34.0 Å². The number of halogens is 1. The van der Waals surface area contributed by atoms with Crippen LogP contribution >= 0.6 is 11.5 Å². The van der Waals surface area contributed by atoms with Crippen LogP contribution in [0, 0.1) is 23.6 Å². The van der Waals surface area contributed by atoms with Crippen molar-refractivity contribution < 1.29 is 41.4 Å². The molecule has 4 aromatic rings. The molecule has 2 aliphatic rings. The van der Waals surface area contributed by atoms with Gasteiger partial charge in [0.25, 0.3) is 21.8 Å². The van der Waals surface area contributed by atoms with Crippen molar-refractivity contribution in [1.82, 2.24) is 33.5 Å². The topological polar surface area (TPSA) is 212 Å². The standard InChI is InChI=1S/C18H17FN4O2S.C15H18N6O6S/c1-4-5-22-13-7-12(11(19)6-14(13)25-9-16(22)24)20-17-23-10-18(2,3)8-15(23)21-26-17;1-21(2)13(22)9-6-5-7-16-12(9)28(24,25)20-15(23)19-14-17-10(26-3)8-11(18-14)27-4/h1,6-7H,5,8-10H2,2-3H3;5-8H,1-4H3,(H2,17,18,19,20,23). The molecule has 3 aromatic heterocycles. The van der Waals surface area contributed by atoms with Gasteiger partial charge in [0.05, 0.1) is 38.1 Å². The Morgan fingerprint density at radius 1 is 1.19 bits per heavy atom. The van der Waals surface area contributed by atoms with Gasteiger partial charge in [-0.2, -0.15) is 22.8 Å². The second-order valence-electron chi connectivity index (χ2n) is 12.6. The van der Waals surface area contributed by atoms with Gasteiger partial charge in [-0.05, 0) is 23.6 Å². The Kier molecular flexibility index (Phi) is 11.5. The summed E-state index contributed by atoms with van der Waals surface area (Å²) in [5, 5.41) is 1.56. The maximum absolute atomic E-state index is 14.5. The Balaban J connectivity index is 0.000000208. The number of rotatable bonds is 8. The summed E-state index contributed by atoms with van der Waals surface area (Å²) >= 11 is 1.24. The zero-order valence-corrected chi connectivity index (χ0v) is 31.5. The maximum atomic E-state index is 14.5. The molecule has 2 aliphatic heterocycles. The highest BCUT2D eigenvalue weighted by Gasteiger charge is 2.32. The fourth-order valence-electron chi connectivity index (χ4n) is 5.22. The molecule has 0 spiro atoms. The van der Waals surface area contributed by atoms with Crippen LogP contribution in [-0.2, 0) is 27.8 Å². The first-order valence-corrected chi connectivity index (χ1v) is 18.1. The monoisotopic (exact) mass is 782 g/mol. The minimum Gasteiger partial charge on any atom is -0.481 e. The lowest BCUT2D eigenvalue weighted by Crippen LogP contribution is -2.39. The number of pyridine rings is 1. The average Bonchev–Trinajstić information content (AvgIpc) is 3.64. The number of nitrogens with zero attached hydrogens (tertiary/aromatic N) is 8. The fourth-order valence-corrected chi connectivity index (χ4v) is 7.02. The van der Waals surface area contributed by atoms with Crippen LogP contribution in [-0.4, -0.2) is 96.5 Å². The molecular weight excluding hydrogens is 748 g/mol. The molecule has 0 bridgehead atoms. The predicted molar refractivity (Wildman–Crippen MR) is 193 cm³/mol. The van der Waals surface area contributed by atoms with Crippen LogP contribution in [0.1, 0.15) is 30.0 Å². The van der Waals surface area contributed by atoms with Crippen molar-refractivity contribution in [2.24, 2.45) is 10.4 Å². The van der Waals surface area contributed by atoms with Crippen molar-refractivity contribution >= 4 is 56.7 Å². The van der Waals surface area contributed by atoms with E-state index in [9.17, 15) is 27.2 Å². The zero-order chi connectivity index (χ0) is 39.4. The first-order valence-electron chi connectivity index (χ1n) is 15.8. The summed E-state index contributed by atoms with van der Waals surface area (Å²) in [5.41, 5.74) is 0.490. The second kappa shape index (κ2) is 15.8. The Hall–Kier alpha value is -6.14. The average molecular weight is 783 g/mol. The molecule has 6 rings (SSSR count). The highest BCUT2D eigenvalue weighted by Crippen LogP contribution is 2.37.